The van der Waals surface area contributed by atoms with Crippen molar-refractivity contribution in [1.29, 1.82) is 0 Å². The third-order valence-electron chi connectivity index (χ3n) is 4.94. The quantitative estimate of drug-likeness (QED) is 0.453. The minimum absolute atomic E-state index is 0.0212. The first kappa shape index (κ1) is 26.0. The molecule has 3 N–H and O–H groups in total. The number of rotatable bonds is 10. The topological polar surface area (TPSA) is 131 Å². The minimum atomic E-state index is -3.77. The summed E-state index contributed by atoms with van der Waals surface area (Å²) < 4.78 is 32.3. The maximum atomic E-state index is 12.6. The van der Waals surface area contributed by atoms with E-state index in [1.54, 1.807) is 31.2 Å². The monoisotopic (exact) mass is 475 g/mol. The van der Waals surface area contributed by atoms with Gasteiger partial charge in [0.15, 0.2) is 0 Å². The molecule has 10 heteroatoms. The number of carbonyl (C=O) groups excluding carboxylic acids is 3. The highest BCUT2D eigenvalue weighted by atomic mass is 32.2. The van der Waals surface area contributed by atoms with E-state index >= 15 is 0 Å². The number of sulfonamides is 1. The van der Waals surface area contributed by atoms with Crippen LogP contribution < -0.4 is 15.4 Å². The molecule has 0 aromatic heterocycles. The Bertz CT molecular complexity index is 1100. The second kappa shape index (κ2) is 11.1. The van der Waals surface area contributed by atoms with Crippen LogP contribution in [0.2, 0.25) is 0 Å². The third-order valence-corrected chi connectivity index (χ3v) is 6.36. The largest absolute Gasteiger partial charge is 0.467 e. The first-order valence-electron chi connectivity index (χ1n) is 10.4. The van der Waals surface area contributed by atoms with Crippen LogP contribution in [0.3, 0.4) is 0 Å². The van der Waals surface area contributed by atoms with Gasteiger partial charge in [0.05, 0.1) is 12.0 Å². The molecule has 2 aromatic rings. The SMILES string of the molecule is CCCC(C)(NC(=O)c1ccc(CNS(=O)(=O)c2ccc(NC(C)=O)cc2)cc1)C(=O)OC. The van der Waals surface area contributed by atoms with Gasteiger partial charge in [-0.05, 0) is 55.3 Å². The molecular weight excluding hydrogens is 446 g/mol. The van der Waals surface area contributed by atoms with E-state index in [2.05, 4.69) is 15.4 Å². The van der Waals surface area contributed by atoms with E-state index in [-0.39, 0.29) is 17.3 Å². The Morgan fingerprint density at radius 2 is 1.61 bits per heavy atom. The van der Waals surface area contributed by atoms with Crippen molar-refractivity contribution in [3.8, 4) is 0 Å². The fourth-order valence-electron chi connectivity index (χ4n) is 3.22. The lowest BCUT2D eigenvalue weighted by Gasteiger charge is -2.27. The number of amides is 2. The Morgan fingerprint density at radius 3 is 2.12 bits per heavy atom. The number of hydrogen-bond donors (Lipinski definition) is 3. The molecule has 1 unspecified atom stereocenters. The molecule has 0 aliphatic heterocycles. The molecule has 0 spiro atoms. The van der Waals surface area contributed by atoms with Gasteiger partial charge in [-0.2, -0.15) is 0 Å². The number of hydrogen-bond acceptors (Lipinski definition) is 6. The smallest absolute Gasteiger partial charge is 0.331 e. The summed E-state index contributed by atoms with van der Waals surface area (Å²) in [5.74, 6) is -1.20. The summed E-state index contributed by atoms with van der Waals surface area (Å²) in [6.07, 6.45) is 1.11. The summed E-state index contributed by atoms with van der Waals surface area (Å²) in [5, 5.41) is 5.30. The van der Waals surface area contributed by atoms with Crippen molar-refractivity contribution in [1.82, 2.24) is 10.0 Å². The molecule has 0 aliphatic rings. The predicted octanol–water partition coefficient (Wildman–Crippen LogP) is 2.59. The maximum absolute atomic E-state index is 12.6. The van der Waals surface area contributed by atoms with Crippen molar-refractivity contribution in [2.75, 3.05) is 12.4 Å². The highest BCUT2D eigenvalue weighted by Gasteiger charge is 2.35. The molecule has 2 amide bonds. The second-order valence-electron chi connectivity index (χ2n) is 7.75. The number of benzene rings is 2. The standard InChI is InChI=1S/C23H29N3O6S/c1-5-14-23(3,22(29)32-4)26-21(28)18-8-6-17(7-9-18)15-24-33(30,31)20-12-10-19(11-13-20)25-16(2)27/h6-13,24H,5,14-15H2,1-4H3,(H,25,27)(H,26,28). The lowest BCUT2D eigenvalue weighted by atomic mass is 9.95. The highest BCUT2D eigenvalue weighted by Crippen LogP contribution is 2.17. The fourth-order valence-corrected chi connectivity index (χ4v) is 4.24. The Kier molecular flexibility index (Phi) is 8.72. The maximum Gasteiger partial charge on any atom is 0.331 e. The van der Waals surface area contributed by atoms with Gasteiger partial charge in [-0.1, -0.05) is 25.5 Å². The second-order valence-corrected chi connectivity index (χ2v) is 9.52. The van der Waals surface area contributed by atoms with E-state index in [9.17, 15) is 22.8 Å². The number of esters is 1. The van der Waals surface area contributed by atoms with E-state index in [0.717, 1.165) is 0 Å². The van der Waals surface area contributed by atoms with Crippen LogP contribution in [0.4, 0.5) is 5.69 Å². The van der Waals surface area contributed by atoms with Crippen LogP contribution in [0.15, 0.2) is 53.4 Å². The zero-order chi connectivity index (χ0) is 24.6. The average Bonchev–Trinajstić information content (AvgIpc) is 2.77. The molecule has 1 atom stereocenters. The summed E-state index contributed by atoms with van der Waals surface area (Å²) in [5.41, 5.74) is 0.345. The van der Waals surface area contributed by atoms with Gasteiger partial charge in [0, 0.05) is 24.7 Å². The van der Waals surface area contributed by atoms with Crippen molar-refractivity contribution in [2.45, 2.75) is 50.6 Å². The van der Waals surface area contributed by atoms with Crippen molar-refractivity contribution < 1.29 is 27.5 Å². The number of carbonyl (C=O) groups is 3. The highest BCUT2D eigenvalue weighted by molar-refractivity contribution is 7.89. The van der Waals surface area contributed by atoms with Crippen LogP contribution in [0, 0.1) is 0 Å². The summed E-state index contributed by atoms with van der Waals surface area (Å²) in [7, 11) is -2.49. The zero-order valence-electron chi connectivity index (χ0n) is 19.1. The Labute approximate surface area is 194 Å². The number of ether oxygens (including phenoxy) is 1. The number of methoxy groups -OCH3 is 1. The van der Waals surface area contributed by atoms with Gasteiger partial charge in [-0.25, -0.2) is 17.9 Å². The average molecular weight is 476 g/mol. The summed E-state index contributed by atoms with van der Waals surface area (Å²) >= 11 is 0. The van der Waals surface area contributed by atoms with Crippen molar-refractivity contribution >= 4 is 33.5 Å². The molecule has 0 heterocycles. The molecule has 178 valence electrons. The predicted molar refractivity (Wildman–Crippen MR) is 124 cm³/mol. The lowest BCUT2D eigenvalue weighted by molar-refractivity contribution is -0.147. The molecule has 33 heavy (non-hydrogen) atoms. The molecule has 0 bridgehead atoms. The van der Waals surface area contributed by atoms with Gasteiger partial charge < -0.3 is 15.4 Å². The summed E-state index contributed by atoms with van der Waals surface area (Å²) in [6, 6.07) is 12.2. The molecule has 0 saturated carbocycles. The van der Waals surface area contributed by atoms with Crippen LogP contribution >= 0.6 is 0 Å². The van der Waals surface area contributed by atoms with Gasteiger partial charge in [0.25, 0.3) is 5.91 Å². The zero-order valence-corrected chi connectivity index (χ0v) is 19.9. The van der Waals surface area contributed by atoms with Gasteiger partial charge >= 0.3 is 5.97 Å². The van der Waals surface area contributed by atoms with Gasteiger partial charge in [0.1, 0.15) is 5.54 Å². The van der Waals surface area contributed by atoms with Crippen LogP contribution in [-0.4, -0.2) is 38.9 Å². The van der Waals surface area contributed by atoms with Crippen LogP contribution in [0.1, 0.15) is 49.5 Å². The molecular formula is C23H29N3O6S. The minimum Gasteiger partial charge on any atom is -0.467 e. The van der Waals surface area contributed by atoms with Gasteiger partial charge in [-0.15, -0.1) is 0 Å². The van der Waals surface area contributed by atoms with Crippen LogP contribution in [0.5, 0.6) is 0 Å². The lowest BCUT2D eigenvalue weighted by Crippen LogP contribution is -2.52. The number of nitrogens with one attached hydrogen (secondary N) is 3. The van der Waals surface area contributed by atoms with Crippen molar-refractivity contribution in [3.63, 3.8) is 0 Å². The Balaban J connectivity index is 2.03. The van der Waals surface area contributed by atoms with E-state index in [1.807, 2.05) is 6.92 Å². The van der Waals surface area contributed by atoms with Crippen molar-refractivity contribution in [2.24, 2.45) is 0 Å². The van der Waals surface area contributed by atoms with Gasteiger partial charge in [-0.3, -0.25) is 9.59 Å². The number of anilines is 1. The van der Waals surface area contributed by atoms with Crippen LogP contribution in [0.25, 0.3) is 0 Å². The molecule has 0 fully saturated rings. The molecule has 9 nitrogen and oxygen atoms in total. The molecule has 0 saturated heterocycles. The Morgan fingerprint density at radius 1 is 1.00 bits per heavy atom. The summed E-state index contributed by atoms with van der Waals surface area (Å²) in [6.45, 7) is 4.91. The molecule has 0 radical (unpaired) electrons. The van der Waals surface area contributed by atoms with E-state index in [4.69, 9.17) is 4.74 Å². The summed E-state index contributed by atoms with van der Waals surface area (Å²) in [4.78, 5) is 35.8. The molecule has 2 rings (SSSR count). The first-order chi connectivity index (χ1) is 15.5. The Hall–Kier alpha value is -3.24. The first-order valence-corrected chi connectivity index (χ1v) is 11.9. The third kappa shape index (κ3) is 7.13. The van der Waals surface area contributed by atoms with E-state index in [1.165, 1.54) is 38.3 Å². The normalized spacial score (nSPS) is 13.0. The molecule has 0 aliphatic carbocycles. The van der Waals surface area contributed by atoms with Crippen molar-refractivity contribution in [3.05, 3.63) is 59.7 Å². The van der Waals surface area contributed by atoms with Crippen LogP contribution in [-0.2, 0) is 30.9 Å². The van der Waals surface area contributed by atoms with E-state index in [0.29, 0.717) is 29.7 Å². The van der Waals surface area contributed by atoms with Gasteiger partial charge in [0.2, 0.25) is 15.9 Å². The molecule has 2 aromatic carbocycles. The van der Waals surface area contributed by atoms with E-state index < -0.39 is 27.4 Å². The fraction of sp³-hybridized carbons (Fsp3) is 0.348.